The van der Waals surface area contributed by atoms with Gasteiger partial charge in [0.1, 0.15) is 19.2 Å². The Morgan fingerprint density at radius 3 is 2.53 bits per heavy atom. The lowest BCUT2D eigenvalue weighted by atomic mass is 10.0. The van der Waals surface area contributed by atoms with Crippen LogP contribution in [0, 0.1) is 0 Å². The zero-order valence-electron chi connectivity index (χ0n) is 24.9. The number of benzene rings is 2. The Hall–Kier alpha value is -4.30. The lowest BCUT2D eigenvalue weighted by molar-refractivity contribution is -0.145. The number of anilines is 1. The van der Waals surface area contributed by atoms with E-state index in [1.807, 2.05) is 44.2 Å². The SMILES string of the molecule is C=C1CCC(N2C(=O)c3cccc(NC(=O)OCCSSC(C)(C)CC(=O)N(CC(=O)O)Cc4ccccc4)c3C2=O)C(=O)N1. The molecular weight excluding hydrogens is 620 g/mol. The average Bonchev–Trinajstić information content (AvgIpc) is 3.22. The molecular formula is C31H34N4O8S2. The summed E-state index contributed by atoms with van der Waals surface area (Å²) in [6.45, 7) is 7.28. The van der Waals surface area contributed by atoms with Crippen LogP contribution in [-0.2, 0) is 25.7 Å². The van der Waals surface area contributed by atoms with E-state index in [0.717, 1.165) is 10.5 Å². The molecule has 1 fully saturated rings. The van der Waals surface area contributed by atoms with Crippen molar-refractivity contribution in [3.63, 3.8) is 0 Å². The molecule has 1 atom stereocenters. The number of fused-ring (bicyclic) bond motifs is 1. The summed E-state index contributed by atoms with van der Waals surface area (Å²) in [7, 11) is 2.81. The van der Waals surface area contributed by atoms with Gasteiger partial charge in [0.25, 0.3) is 11.8 Å². The summed E-state index contributed by atoms with van der Waals surface area (Å²) >= 11 is 0. The average molecular weight is 655 g/mol. The summed E-state index contributed by atoms with van der Waals surface area (Å²) in [5, 5.41) is 14.4. The predicted molar refractivity (Wildman–Crippen MR) is 170 cm³/mol. The number of rotatable bonds is 13. The monoisotopic (exact) mass is 654 g/mol. The molecule has 12 nitrogen and oxygen atoms in total. The normalized spacial score (nSPS) is 16.2. The van der Waals surface area contributed by atoms with Gasteiger partial charge in [-0.2, -0.15) is 0 Å². The number of piperidine rings is 1. The van der Waals surface area contributed by atoms with Crippen LogP contribution in [0.2, 0.25) is 0 Å². The molecule has 2 aromatic rings. The molecule has 2 aliphatic rings. The van der Waals surface area contributed by atoms with Crippen LogP contribution < -0.4 is 10.6 Å². The first-order valence-electron chi connectivity index (χ1n) is 14.1. The molecule has 0 saturated carbocycles. The molecule has 0 bridgehead atoms. The Labute approximate surface area is 268 Å². The van der Waals surface area contributed by atoms with Gasteiger partial charge >= 0.3 is 12.1 Å². The van der Waals surface area contributed by atoms with Gasteiger partial charge in [0.05, 0.1) is 16.8 Å². The lowest BCUT2D eigenvalue weighted by Crippen LogP contribution is -2.51. The predicted octanol–water partition coefficient (Wildman–Crippen LogP) is 4.29. The highest BCUT2D eigenvalue weighted by Crippen LogP contribution is 2.38. The van der Waals surface area contributed by atoms with E-state index < -0.39 is 47.1 Å². The molecule has 1 unspecified atom stereocenters. The van der Waals surface area contributed by atoms with Gasteiger partial charge < -0.3 is 20.1 Å². The van der Waals surface area contributed by atoms with Crippen molar-refractivity contribution in [2.75, 3.05) is 24.2 Å². The highest BCUT2D eigenvalue weighted by molar-refractivity contribution is 8.77. The molecule has 5 amide bonds. The number of ether oxygens (including phenoxy) is 1. The van der Waals surface area contributed by atoms with Gasteiger partial charge in [-0.3, -0.25) is 34.2 Å². The zero-order valence-corrected chi connectivity index (χ0v) is 26.5. The number of hydrogen-bond acceptors (Lipinski definition) is 9. The number of allylic oxidation sites excluding steroid dienone is 1. The van der Waals surface area contributed by atoms with Crippen LogP contribution in [0.3, 0.4) is 0 Å². The van der Waals surface area contributed by atoms with Crippen LogP contribution in [0.1, 0.15) is 59.4 Å². The fourth-order valence-corrected chi connectivity index (χ4v) is 7.24. The number of aliphatic carboxylic acids is 1. The number of amides is 5. The summed E-state index contributed by atoms with van der Waals surface area (Å²) in [6, 6.07) is 12.7. The fourth-order valence-electron chi connectivity index (χ4n) is 4.92. The van der Waals surface area contributed by atoms with E-state index in [9.17, 15) is 33.9 Å². The van der Waals surface area contributed by atoms with Gasteiger partial charge in [-0.1, -0.05) is 64.6 Å². The maximum Gasteiger partial charge on any atom is 0.411 e. The van der Waals surface area contributed by atoms with Crippen molar-refractivity contribution in [2.24, 2.45) is 0 Å². The third kappa shape index (κ3) is 8.66. The lowest BCUT2D eigenvalue weighted by Gasteiger charge is -2.29. The standard InChI is InChI=1S/C31H34N4O8S2/c1-19-12-13-23(27(39)32-19)35-28(40)21-10-7-11-22(26(21)29(35)41)33-30(42)43-14-15-44-45-31(2,3)16-24(36)34(18-25(37)38)17-20-8-5-4-6-9-20/h4-11,23H,1,12-18H2,2-3H3,(H,32,39)(H,33,42)(H,37,38). The van der Waals surface area contributed by atoms with E-state index in [1.165, 1.54) is 44.7 Å². The Morgan fingerprint density at radius 2 is 1.84 bits per heavy atom. The second kappa shape index (κ2) is 14.7. The summed E-state index contributed by atoms with van der Waals surface area (Å²) in [4.78, 5) is 77.9. The Bertz CT molecular complexity index is 1510. The summed E-state index contributed by atoms with van der Waals surface area (Å²) in [5.41, 5.74) is 1.54. The molecule has 0 aliphatic carbocycles. The minimum atomic E-state index is -1.09. The molecule has 45 heavy (non-hydrogen) atoms. The first-order valence-corrected chi connectivity index (χ1v) is 16.5. The van der Waals surface area contributed by atoms with Crippen molar-refractivity contribution in [3.05, 3.63) is 77.5 Å². The van der Waals surface area contributed by atoms with Crippen LogP contribution in [0.15, 0.2) is 60.8 Å². The Kier molecular flexibility index (Phi) is 10.9. The van der Waals surface area contributed by atoms with Gasteiger partial charge in [0.2, 0.25) is 11.8 Å². The first-order chi connectivity index (χ1) is 21.4. The molecule has 2 aliphatic heterocycles. The number of nitrogens with zero attached hydrogens (tertiary/aromatic N) is 2. The maximum atomic E-state index is 13.2. The molecule has 1 saturated heterocycles. The second-order valence-electron chi connectivity index (χ2n) is 11.1. The molecule has 0 spiro atoms. The topological polar surface area (TPSA) is 162 Å². The number of carbonyl (C=O) groups excluding carboxylic acids is 5. The fraction of sp³-hybridized carbons (Fsp3) is 0.355. The highest BCUT2D eigenvalue weighted by atomic mass is 33.1. The largest absolute Gasteiger partial charge is 0.480 e. The first kappa shape index (κ1) is 33.6. The van der Waals surface area contributed by atoms with Crippen LogP contribution in [0.25, 0.3) is 0 Å². The molecule has 3 N–H and O–H groups in total. The molecule has 4 rings (SSSR count). The third-order valence-corrected chi connectivity index (χ3v) is 10.2. The Balaban J connectivity index is 1.25. The Morgan fingerprint density at radius 1 is 1.11 bits per heavy atom. The van der Waals surface area contributed by atoms with E-state index in [-0.39, 0.29) is 48.7 Å². The van der Waals surface area contributed by atoms with Crippen LogP contribution >= 0.6 is 21.6 Å². The molecule has 238 valence electrons. The number of nitrogens with one attached hydrogen (secondary N) is 2. The number of carbonyl (C=O) groups is 6. The number of hydrogen-bond donors (Lipinski definition) is 3. The number of carboxylic acid groups (broad SMARTS) is 1. The number of carboxylic acids is 1. The van der Waals surface area contributed by atoms with E-state index >= 15 is 0 Å². The van der Waals surface area contributed by atoms with Crippen molar-refractivity contribution in [1.82, 2.24) is 15.1 Å². The molecule has 2 heterocycles. The zero-order chi connectivity index (χ0) is 32.7. The van der Waals surface area contributed by atoms with Crippen molar-refractivity contribution < 1.29 is 38.6 Å². The van der Waals surface area contributed by atoms with E-state index in [2.05, 4.69) is 17.2 Å². The third-order valence-electron chi connectivity index (χ3n) is 6.97. The van der Waals surface area contributed by atoms with E-state index in [4.69, 9.17) is 4.74 Å². The molecule has 0 aromatic heterocycles. The van der Waals surface area contributed by atoms with Crippen molar-refractivity contribution in [2.45, 2.75) is 50.4 Å². The van der Waals surface area contributed by atoms with Gasteiger partial charge in [0, 0.05) is 29.2 Å². The smallest absolute Gasteiger partial charge is 0.411 e. The van der Waals surface area contributed by atoms with Gasteiger partial charge in [-0.25, -0.2) is 4.79 Å². The van der Waals surface area contributed by atoms with Crippen LogP contribution in [0.4, 0.5) is 10.5 Å². The highest BCUT2D eigenvalue weighted by Gasteiger charge is 2.45. The van der Waals surface area contributed by atoms with Gasteiger partial charge in [-0.15, -0.1) is 0 Å². The van der Waals surface area contributed by atoms with Crippen LogP contribution in [-0.4, -0.2) is 80.3 Å². The maximum absolute atomic E-state index is 13.2. The molecule has 14 heteroatoms. The van der Waals surface area contributed by atoms with Gasteiger partial charge in [0.15, 0.2) is 0 Å². The van der Waals surface area contributed by atoms with Crippen molar-refractivity contribution in [3.8, 4) is 0 Å². The minimum Gasteiger partial charge on any atom is -0.480 e. The summed E-state index contributed by atoms with van der Waals surface area (Å²) in [5.74, 6) is -2.76. The molecule has 0 radical (unpaired) electrons. The van der Waals surface area contributed by atoms with Crippen molar-refractivity contribution in [1.29, 1.82) is 0 Å². The quantitative estimate of drug-likeness (QED) is 0.161. The molecule has 2 aromatic carbocycles. The van der Waals surface area contributed by atoms with E-state index in [1.54, 1.807) is 0 Å². The van der Waals surface area contributed by atoms with Crippen LogP contribution in [0.5, 0.6) is 0 Å². The second-order valence-corrected chi connectivity index (χ2v) is 14.2. The summed E-state index contributed by atoms with van der Waals surface area (Å²) in [6.07, 6.45) is -0.0241. The van der Waals surface area contributed by atoms with Gasteiger partial charge in [-0.05, 0) is 44.4 Å². The summed E-state index contributed by atoms with van der Waals surface area (Å²) < 4.78 is 4.74. The van der Waals surface area contributed by atoms with Crippen molar-refractivity contribution >= 4 is 63.0 Å². The number of imide groups is 1. The van der Waals surface area contributed by atoms with E-state index in [0.29, 0.717) is 17.9 Å². The minimum absolute atomic E-state index is 0.00259.